The number of hydrogen-bond acceptors (Lipinski definition) is 1. The van der Waals surface area contributed by atoms with Crippen LogP contribution in [0.25, 0.3) is 10.8 Å². The van der Waals surface area contributed by atoms with E-state index in [4.69, 9.17) is 0 Å². The van der Waals surface area contributed by atoms with Gasteiger partial charge in [-0.2, -0.15) is 0 Å². The van der Waals surface area contributed by atoms with Crippen LogP contribution in [-0.4, -0.2) is 24.4 Å². The molecule has 0 saturated heterocycles. The fraction of sp³-hybridized carbons (Fsp3) is 0.389. The van der Waals surface area contributed by atoms with Crippen LogP contribution < -0.4 is 0 Å². The van der Waals surface area contributed by atoms with Gasteiger partial charge in [0, 0.05) is 20.5 Å². The fourth-order valence-corrected chi connectivity index (χ4v) is 2.32. The van der Waals surface area contributed by atoms with Gasteiger partial charge in [-0.3, -0.25) is 4.79 Å². The van der Waals surface area contributed by atoms with Crippen molar-refractivity contribution in [2.75, 3.05) is 13.6 Å². The second-order valence-electron chi connectivity index (χ2n) is 4.87. The molecular weight excluding hydrogens is 246 g/mol. The highest BCUT2D eigenvalue weighted by Gasteiger charge is 2.12. The molecule has 1 unspecified atom stereocenters. The van der Waals surface area contributed by atoms with Crippen LogP contribution in [0.2, 0.25) is 0 Å². The van der Waals surface area contributed by atoms with Crippen molar-refractivity contribution in [3.05, 3.63) is 48.0 Å². The largest absolute Gasteiger partial charge is 0.345 e. The maximum absolute atomic E-state index is 11.3. The Morgan fingerprint density at radius 1 is 1.10 bits per heavy atom. The Hall–Kier alpha value is -1.83. The minimum absolute atomic E-state index is 0.113. The fourth-order valence-electron chi connectivity index (χ4n) is 2.32. The van der Waals surface area contributed by atoms with Gasteiger partial charge in [0.05, 0.1) is 0 Å². The number of fused-ring (bicyclic) bond motifs is 1. The quantitative estimate of drug-likeness (QED) is 0.807. The number of likely N-dealkylation sites (N-methyl/N-ethyl adjacent to an activating group) is 1. The first kappa shape index (κ1) is 16.2. The van der Waals surface area contributed by atoms with Gasteiger partial charge in [0.2, 0.25) is 5.91 Å². The molecular formula is C18H25NO. The Labute approximate surface area is 122 Å². The summed E-state index contributed by atoms with van der Waals surface area (Å²) in [6, 6.07) is 14.8. The van der Waals surface area contributed by atoms with Crippen molar-refractivity contribution >= 4 is 16.7 Å². The maximum Gasteiger partial charge on any atom is 0.219 e. The van der Waals surface area contributed by atoms with E-state index in [9.17, 15) is 4.79 Å². The zero-order valence-corrected chi connectivity index (χ0v) is 13.2. The molecule has 0 bridgehead atoms. The van der Waals surface area contributed by atoms with E-state index in [2.05, 4.69) is 49.4 Å². The molecule has 2 nitrogen and oxygen atoms in total. The molecule has 0 saturated carbocycles. The summed E-state index contributed by atoms with van der Waals surface area (Å²) >= 11 is 0. The first-order chi connectivity index (χ1) is 9.59. The topological polar surface area (TPSA) is 20.3 Å². The lowest BCUT2D eigenvalue weighted by Gasteiger charge is -2.21. The molecule has 20 heavy (non-hydrogen) atoms. The Kier molecular flexibility index (Phi) is 6.23. The average Bonchev–Trinajstić information content (AvgIpc) is 2.48. The van der Waals surface area contributed by atoms with Gasteiger partial charge in [-0.25, -0.2) is 0 Å². The molecule has 0 aliphatic rings. The van der Waals surface area contributed by atoms with Gasteiger partial charge in [0.25, 0.3) is 0 Å². The van der Waals surface area contributed by atoms with Crippen LogP contribution in [0.1, 0.15) is 39.2 Å². The number of carbonyl (C=O) groups is 1. The van der Waals surface area contributed by atoms with Crippen LogP contribution >= 0.6 is 0 Å². The van der Waals surface area contributed by atoms with E-state index < -0.39 is 0 Å². The summed E-state index contributed by atoms with van der Waals surface area (Å²) in [6.07, 6.45) is 0. The first-order valence-electron chi connectivity index (χ1n) is 7.29. The van der Waals surface area contributed by atoms with E-state index >= 15 is 0 Å². The van der Waals surface area contributed by atoms with Gasteiger partial charge in [0.15, 0.2) is 0 Å². The molecule has 0 aliphatic heterocycles. The standard InChI is InChI=1S/C16H19NO.C2H6/c1-12(11-17(3)13(2)18)15-10-6-8-14-7-4-5-9-16(14)15;1-2/h4-10,12H,11H2,1-3H3;1-2H3. The lowest BCUT2D eigenvalue weighted by Crippen LogP contribution is -2.28. The van der Waals surface area contributed by atoms with E-state index in [1.165, 1.54) is 16.3 Å². The van der Waals surface area contributed by atoms with Crippen molar-refractivity contribution in [2.24, 2.45) is 0 Å². The van der Waals surface area contributed by atoms with Crippen molar-refractivity contribution < 1.29 is 4.79 Å². The van der Waals surface area contributed by atoms with Gasteiger partial charge in [0.1, 0.15) is 0 Å². The minimum atomic E-state index is 0.113. The van der Waals surface area contributed by atoms with Gasteiger partial charge in [-0.15, -0.1) is 0 Å². The van der Waals surface area contributed by atoms with Crippen LogP contribution in [0.5, 0.6) is 0 Å². The second kappa shape index (κ2) is 7.68. The minimum Gasteiger partial charge on any atom is -0.345 e. The summed E-state index contributed by atoms with van der Waals surface area (Å²) in [5.41, 5.74) is 1.31. The van der Waals surface area contributed by atoms with E-state index in [0.717, 1.165) is 6.54 Å². The number of amides is 1. The molecule has 0 aliphatic carbocycles. The van der Waals surface area contributed by atoms with E-state index in [0.29, 0.717) is 5.92 Å². The highest BCUT2D eigenvalue weighted by molar-refractivity contribution is 5.86. The molecule has 2 aromatic carbocycles. The summed E-state index contributed by atoms with van der Waals surface area (Å²) in [6.45, 7) is 8.53. The number of hydrogen-bond donors (Lipinski definition) is 0. The van der Waals surface area contributed by atoms with Crippen LogP contribution in [0.4, 0.5) is 0 Å². The summed E-state index contributed by atoms with van der Waals surface area (Å²) in [4.78, 5) is 13.1. The molecule has 108 valence electrons. The molecule has 2 heteroatoms. The lowest BCUT2D eigenvalue weighted by molar-refractivity contribution is -0.127. The highest BCUT2D eigenvalue weighted by atomic mass is 16.2. The third-order valence-electron chi connectivity index (χ3n) is 3.44. The van der Waals surface area contributed by atoms with Gasteiger partial charge < -0.3 is 4.90 Å². The smallest absolute Gasteiger partial charge is 0.219 e. The first-order valence-corrected chi connectivity index (χ1v) is 7.29. The molecule has 1 atom stereocenters. The monoisotopic (exact) mass is 271 g/mol. The third kappa shape index (κ3) is 3.83. The van der Waals surface area contributed by atoms with Crippen LogP contribution in [0, 0.1) is 0 Å². The van der Waals surface area contributed by atoms with E-state index in [-0.39, 0.29) is 5.91 Å². The number of nitrogens with zero attached hydrogens (tertiary/aromatic N) is 1. The Morgan fingerprint density at radius 2 is 1.70 bits per heavy atom. The van der Waals surface area contributed by atoms with Crippen molar-refractivity contribution in [1.29, 1.82) is 0 Å². The van der Waals surface area contributed by atoms with E-state index in [1.807, 2.05) is 20.9 Å². The summed E-state index contributed by atoms with van der Waals surface area (Å²) in [5, 5.41) is 2.54. The van der Waals surface area contributed by atoms with Crippen LogP contribution in [0.3, 0.4) is 0 Å². The van der Waals surface area contributed by atoms with Crippen LogP contribution in [0.15, 0.2) is 42.5 Å². The predicted molar refractivity (Wildman–Crippen MR) is 87.0 cm³/mol. The second-order valence-corrected chi connectivity index (χ2v) is 4.87. The average molecular weight is 271 g/mol. The lowest BCUT2D eigenvalue weighted by atomic mass is 9.94. The van der Waals surface area contributed by atoms with E-state index in [1.54, 1.807) is 11.8 Å². The zero-order valence-electron chi connectivity index (χ0n) is 13.2. The molecule has 2 aromatic rings. The van der Waals surface area contributed by atoms with Gasteiger partial charge in [-0.05, 0) is 22.3 Å². The van der Waals surface area contributed by atoms with Gasteiger partial charge in [-0.1, -0.05) is 63.2 Å². The molecule has 0 aromatic heterocycles. The highest BCUT2D eigenvalue weighted by Crippen LogP contribution is 2.25. The molecule has 0 spiro atoms. The molecule has 0 N–H and O–H groups in total. The Morgan fingerprint density at radius 3 is 2.35 bits per heavy atom. The van der Waals surface area contributed by atoms with Crippen molar-refractivity contribution in [1.82, 2.24) is 4.90 Å². The third-order valence-corrected chi connectivity index (χ3v) is 3.44. The SMILES string of the molecule is CC.CC(=O)N(C)CC(C)c1cccc2ccccc12. The number of carbonyl (C=O) groups excluding carboxylic acids is 1. The molecule has 0 heterocycles. The molecule has 1 amide bonds. The molecule has 0 fully saturated rings. The van der Waals surface area contributed by atoms with Crippen molar-refractivity contribution in [2.45, 2.75) is 33.6 Å². The molecule has 2 rings (SSSR count). The normalized spacial score (nSPS) is 11.4. The van der Waals surface area contributed by atoms with Crippen molar-refractivity contribution in [3.8, 4) is 0 Å². The number of rotatable bonds is 3. The van der Waals surface area contributed by atoms with Crippen LogP contribution in [-0.2, 0) is 4.79 Å². The Bertz CT molecular complexity index is 557. The zero-order chi connectivity index (χ0) is 15.1. The summed E-state index contributed by atoms with van der Waals surface area (Å²) in [5.74, 6) is 0.451. The summed E-state index contributed by atoms with van der Waals surface area (Å²) in [7, 11) is 1.85. The van der Waals surface area contributed by atoms with Gasteiger partial charge >= 0.3 is 0 Å². The molecule has 0 radical (unpaired) electrons. The Balaban J connectivity index is 0.000000956. The predicted octanol–water partition coefficient (Wildman–Crippen LogP) is 4.45. The number of benzene rings is 2. The summed E-state index contributed by atoms with van der Waals surface area (Å²) < 4.78 is 0. The van der Waals surface area contributed by atoms with Crippen molar-refractivity contribution in [3.63, 3.8) is 0 Å². The maximum atomic E-state index is 11.3.